The molecule has 0 aliphatic heterocycles. The van der Waals surface area contributed by atoms with Gasteiger partial charge in [0.05, 0.1) is 11.0 Å². The molecule has 1 aromatic carbocycles. The summed E-state index contributed by atoms with van der Waals surface area (Å²) >= 11 is 6.19. The van der Waals surface area contributed by atoms with Crippen molar-refractivity contribution in [3.63, 3.8) is 0 Å². The summed E-state index contributed by atoms with van der Waals surface area (Å²) in [6, 6.07) is 8.30. The number of nitrogens with one attached hydrogen (secondary N) is 1. The third-order valence-electron chi connectivity index (χ3n) is 3.47. The van der Waals surface area contributed by atoms with Crippen LogP contribution in [0.3, 0.4) is 0 Å². The number of anilines is 1. The fourth-order valence-electron chi connectivity index (χ4n) is 2.51. The number of hydrogen-bond donors (Lipinski definition) is 1. The minimum Gasteiger partial charge on any atom is -0.365 e. The van der Waals surface area contributed by atoms with Crippen molar-refractivity contribution < 1.29 is 0 Å². The summed E-state index contributed by atoms with van der Waals surface area (Å²) < 4.78 is 0. The molecule has 3 nitrogen and oxygen atoms in total. The molecular formula is C14H16ClN3. The Morgan fingerprint density at radius 3 is 2.39 bits per heavy atom. The number of hydrogen-bond acceptors (Lipinski definition) is 3. The van der Waals surface area contributed by atoms with Crippen LogP contribution in [0.5, 0.6) is 0 Å². The Kier molecular flexibility index (Phi) is 3.33. The standard InChI is InChI=1S/C14H16ClN3/c15-13-14(16-10-6-2-1-3-7-10)18-12-9-5-4-8-11(12)17-13/h4-5,8-10H,1-3,6-7H2,(H,16,18). The van der Waals surface area contributed by atoms with E-state index in [0.29, 0.717) is 11.2 Å². The van der Waals surface area contributed by atoms with Gasteiger partial charge in [-0.3, -0.25) is 0 Å². The smallest absolute Gasteiger partial charge is 0.172 e. The lowest BCUT2D eigenvalue weighted by atomic mass is 9.95. The summed E-state index contributed by atoms with van der Waals surface area (Å²) in [6.45, 7) is 0. The fraction of sp³-hybridized carbons (Fsp3) is 0.429. The Hall–Kier alpha value is -1.35. The lowest BCUT2D eigenvalue weighted by Gasteiger charge is -2.23. The first kappa shape index (κ1) is 11.7. The highest BCUT2D eigenvalue weighted by molar-refractivity contribution is 6.32. The van der Waals surface area contributed by atoms with Crippen molar-refractivity contribution >= 4 is 28.5 Å². The van der Waals surface area contributed by atoms with E-state index in [9.17, 15) is 0 Å². The zero-order chi connectivity index (χ0) is 12.4. The first-order chi connectivity index (χ1) is 8.83. The molecule has 1 aliphatic rings. The van der Waals surface area contributed by atoms with Gasteiger partial charge in [0, 0.05) is 6.04 Å². The van der Waals surface area contributed by atoms with E-state index >= 15 is 0 Å². The molecule has 0 amide bonds. The summed E-state index contributed by atoms with van der Waals surface area (Å²) in [5.74, 6) is 0.724. The maximum Gasteiger partial charge on any atom is 0.172 e. The molecule has 1 saturated carbocycles. The van der Waals surface area contributed by atoms with Gasteiger partial charge in [0.15, 0.2) is 11.0 Å². The van der Waals surface area contributed by atoms with E-state index in [0.717, 1.165) is 16.9 Å². The van der Waals surface area contributed by atoms with Gasteiger partial charge in [-0.2, -0.15) is 0 Å². The van der Waals surface area contributed by atoms with Gasteiger partial charge in [-0.25, -0.2) is 9.97 Å². The number of fused-ring (bicyclic) bond motifs is 1. The topological polar surface area (TPSA) is 37.8 Å². The Labute approximate surface area is 112 Å². The molecule has 0 unspecified atom stereocenters. The molecule has 1 heterocycles. The van der Waals surface area contributed by atoms with Crippen LogP contribution in [-0.2, 0) is 0 Å². The fourth-order valence-corrected chi connectivity index (χ4v) is 2.70. The average Bonchev–Trinajstić information content (AvgIpc) is 2.41. The maximum atomic E-state index is 6.19. The number of para-hydroxylation sites is 2. The third kappa shape index (κ3) is 2.41. The zero-order valence-corrected chi connectivity index (χ0v) is 11.0. The lowest BCUT2D eigenvalue weighted by molar-refractivity contribution is 0.462. The minimum absolute atomic E-state index is 0.472. The minimum atomic E-state index is 0.472. The van der Waals surface area contributed by atoms with Gasteiger partial charge in [0.2, 0.25) is 0 Å². The molecule has 0 bridgehead atoms. The van der Waals surface area contributed by atoms with Crippen molar-refractivity contribution in [1.29, 1.82) is 0 Å². The van der Waals surface area contributed by atoms with E-state index in [2.05, 4.69) is 15.3 Å². The van der Waals surface area contributed by atoms with Crippen molar-refractivity contribution in [1.82, 2.24) is 9.97 Å². The molecule has 0 radical (unpaired) electrons. The van der Waals surface area contributed by atoms with Crippen LogP contribution >= 0.6 is 11.6 Å². The number of rotatable bonds is 2. The van der Waals surface area contributed by atoms with Gasteiger partial charge in [-0.15, -0.1) is 0 Å². The summed E-state index contributed by atoms with van der Waals surface area (Å²) in [4.78, 5) is 8.94. The molecule has 0 saturated heterocycles. The van der Waals surface area contributed by atoms with Crippen LogP contribution in [0, 0.1) is 0 Å². The van der Waals surface area contributed by atoms with Crippen molar-refractivity contribution in [3.8, 4) is 0 Å². The number of benzene rings is 1. The lowest BCUT2D eigenvalue weighted by Crippen LogP contribution is -2.23. The van der Waals surface area contributed by atoms with E-state index in [1.165, 1.54) is 32.1 Å². The summed E-state index contributed by atoms with van der Waals surface area (Å²) in [7, 11) is 0. The second kappa shape index (κ2) is 5.11. The first-order valence-electron chi connectivity index (χ1n) is 6.52. The quantitative estimate of drug-likeness (QED) is 0.887. The molecule has 0 spiro atoms. The molecule has 3 rings (SSSR count). The Balaban J connectivity index is 1.88. The second-order valence-electron chi connectivity index (χ2n) is 4.83. The molecule has 1 N–H and O–H groups in total. The SMILES string of the molecule is Clc1nc2ccccc2nc1NC1CCCCC1. The van der Waals surface area contributed by atoms with Gasteiger partial charge in [0.1, 0.15) is 0 Å². The average molecular weight is 262 g/mol. The molecule has 94 valence electrons. The highest BCUT2D eigenvalue weighted by Gasteiger charge is 2.15. The highest BCUT2D eigenvalue weighted by Crippen LogP contribution is 2.25. The Bertz CT molecular complexity index is 550. The molecule has 0 atom stereocenters. The normalized spacial score (nSPS) is 16.9. The van der Waals surface area contributed by atoms with Gasteiger partial charge in [-0.05, 0) is 25.0 Å². The van der Waals surface area contributed by atoms with Crippen LogP contribution in [0.4, 0.5) is 5.82 Å². The van der Waals surface area contributed by atoms with Crippen molar-refractivity contribution in [2.75, 3.05) is 5.32 Å². The number of nitrogens with zero attached hydrogens (tertiary/aromatic N) is 2. The van der Waals surface area contributed by atoms with Crippen molar-refractivity contribution in [3.05, 3.63) is 29.4 Å². The molecule has 18 heavy (non-hydrogen) atoms. The van der Waals surface area contributed by atoms with Crippen LogP contribution in [0.2, 0.25) is 5.15 Å². The molecule has 2 aromatic rings. The predicted octanol–water partition coefficient (Wildman–Crippen LogP) is 4.03. The summed E-state index contributed by atoms with van der Waals surface area (Å²) in [5.41, 5.74) is 1.73. The van der Waals surface area contributed by atoms with E-state index < -0.39 is 0 Å². The molecule has 1 aliphatic carbocycles. The van der Waals surface area contributed by atoms with E-state index in [1.54, 1.807) is 0 Å². The highest BCUT2D eigenvalue weighted by atomic mass is 35.5. The van der Waals surface area contributed by atoms with Gasteiger partial charge in [-0.1, -0.05) is 43.0 Å². The van der Waals surface area contributed by atoms with Gasteiger partial charge >= 0.3 is 0 Å². The van der Waals surface area contributed by atoms with Crippen LogP contribution < -0.4 is 5.32 Å². The maximum absolute atomic E-state index is 6.19. The van der Waals surface area contributed by atoms with Crippen LogP contribution in [0.15, 0.2) is 24.3 Å². The van der Waals surface area contributed by atoms with E-state index in [1.807, 2.05) is 24.3 Å². The zero-order valence-electron chi connectivity index (χ0n) is 10.2. The summed E-state index contributed by atoms with van der Waals surface area (Å²) in [5, 5.41) is 3.91. The molecule has 1 aromatic heterocycles. The van der Waals surface area contributed by atoms with Crippen LogP contribution in [0.1, 0.15) is 32.1 Å². The van der Waals surface area contributed by atoms with E-state index in [-0.39, 0.29) is 0 Å². The third-order valence-corrected chi connectivity index (χ3v) is 3.74. The van der Waals surface area contributed by atoms with Gasteiger partial charge < -0.3 is 5.32 Å². The summed E-state index contributed by atoms with van der Waals surface area (Å²) in [6.07, 6.45) is 6.32. The predicted molar refractivity (Wildman–Crippen MR) is 75.0 cm³/mol. The first-order valence-corrected chi connectivity index (χ1v) is 6.89. The van der Waals surface area contributed by atoms with Crippen molar-refractivity contribution in [2.45, 2.75) is 38.1 Å². The van der Waals surface area contributed by atoms with E-state index in [4.69, 9.17) is 11.6 Å². The number of halogens is 1. The molecular weight excluding hydrogens is 246 g/mol. The van der Waals surface area contributed by atoms with Crippen LogP contribution in [0.25, 0.3) is 11.0 Å². The van der Waals surface area contributed by atoms with Crippen LogP contribution in [-0.4, -0.2) is 16.0 Å². The van der Waals surface area contributed by atoms with Gasteiger partial charge in [0.25, 0.3) is 0 Å². The monoisotopic (exact) mass is 261 g/mol. The Morgan fingerprint density at radius 2 is 1.67 bits per heavy atom. The molecule has 1 fully saturated rings. The Morgan fingerprint density at radius 1 is 1.00 bits per heavy atom. The largest absolute Gasteiger partial charge is 0.365 e. The van der Waals surface area contributed by atoms with Crippen molar-refractivity contribution in [2.24, 2.45) is 0 Å². The second-order valence-corrected chi connectivity index (χ2v) is 5.19. The number of aromatic nitrogens is 2. The molecule has 4 heteroatoms.